The SMILES string of the molecule is CC(O)Cn1c(N/N=C/c2ccc(Cl)cc2)nc2c1c(=O)[nH]c(=O)n2C. The van der Waals surface area contributed by atoms with E-state index in [1.54, 1.807) is 37.4 Å². The first-order valence-corrected chi connectivity index (χ1v) is 8.17. The molecule has 3 N–H and O–H groups in total. The van der Waals surface area contributed by atoms with Crippen molar-refractivity contribution in [3.05, 3.63) is 55.7 Å². The van der Waals surface area contributed by atoms with Crippen molar-refractivity contribution in [3.8, 4) is 0 Å². The van der Waals surface area contributed by atoms with Crippen molar-refractivity contribution in [3.63, 3.8) is 0 Å². The first-order valence-electron chi connectivity index (χ1n) is 7.79. The number of rotatable bonds is 5. The van der Waals surface area contributed by atoms with Crippen LogP contribution < -0.4 is 16.7 Å². The van der Waals surface area contributed by atoms with E-state index < -0.39 is 17.4 Å². The van der Waals surface area contributed by atoms with E-state index in [2.05, 4.69) is 20.5 Å². The minimum absolute atomic E-state index is 0.108. The summed E-state index contributed by atoms with van der Waals surface area (Å²) in [6, 6.07) is 7.06. The summed E-state index contributed by atoms with van der Waals surface area (Å²) < 4.78 is 2.71. The maximum atomic E-state index is 12.2. The highest BCUT2D eigenvalue weighted by molar-refractivity contribution is 6.30. The quantitative estimate of drug-likeness (QED) is 0.452. The van der Waals surface area contributed by atoms with Crippen molar-refractivity contribution in [1.82, 2.24) is 19.1 Å². The van der Waals surface area contributed by atoms with E-state index >= 15 is 0 Å². The molecule has 1 aromatic carbocycles. The lowest BCUT2D eigenvalue weighted by Gasteiger charge is -2.09. The Kier molecular flexibility index (Phi) is 4.92. The normalized spacial score (nSPS) is 12.8. The Morgan fingerprint density at radius 1 is 1.38 bits per heavy atom. The fraction of sp³-hybridized carbons (Fsp3) is 0.250. The molecule has 0 fully saturated rings. The van der Waals surface area contributed by atoms with Gasteiger partial charge in [0.05, 0.1) is 18.9 Å². The highest BCUT2D eigenvalue weighted by Gasteiger charge is 2.18. The molecule has 0 amide bonds. The maximum absolute atomic E-state index is 12.2. The van der Waals surface area contributed by atoms with Gasteiger partial charge in [-0.15, -0.1) is 0 Å². The summed E-state index contributed by atoms with van der Waals surface area (Å²) >= 11 is 5.84. The number of nitrogens with one attached hydrogen (secondary N) is 2. The summed E-state index contributed by atoms with van der Waals surface area (Å²) in [5.74, 6) is 0.234. The molecule has 9 nitrogen and oxygen atoms in total. The fourth-order valence-electron chi connectivity index (χ4n) is 2.48. The Labute approximate surface area is 152 Å². The second kappa shape index (κ2) is 7.14. The van der Waals surface area contributed by atoms with E-state index in [4.69, 9.17) is 11.6 Å². The Bertz CT molecular complexity index is 1080. The number of hydrazone groups is 1. The van der Waals surface area contributed by atoms with Gasteiger partial charge in [0, 0.05) is 12.1 Å². The molecule has 0 spiro atoms. The number of hydrogen-bond acceptors (Lipinski definition) is 6. The number of aliphatic hydroxyl groups excluding tert-OH is 1. The topological polar surface area (TPSA) is 117 Å². The fourth-order valence-corrected chi connectivity index (χ4v) is 2.60. The van der Waals surface area contributed by atoms with Crippen LogP contribution in [0.5, 0.6) is 0 Å². The number of anilines is 1. The van der Waals surface area contributed by atoms with Gasteiger partial charge in [-0.3, -0.25) is 14.3 Å². The predicted molar refractivity (Wildman–Crippen MR) is 99.9 cm³/mol. The molecule has 0 radical (unpaired) electrons. The number of benzene rings is 1. The molecular weight excluding hydrogens is 360 g/mol. The van der Waals surface area contributed by atoms with E-state index in [1.165, 1.54) is 16.2 Å². The van der Waals surface area contributed by atoms with Gasteiger partial charge in [-0.2, -0.15) is 10.1 Å². The Morgan fingerprint density at radius 2 is 2.08 bits per heavy atom. The third-order valence-corrected chi connectivity index (χ3v) is 3.95. The number of aryl methyl sites for hydroxylation is 1. The Balaban J connectivity index is 2.02. The lowest BCUT2D eigenvalue weighted by molar-refractivity contribution is 0.175. The van der Waals surface area contributed by atoms with Gasteiger partial charge in [-0.25, -0.2) is 10.2 Å². The molecule has 0 saturated carbocycles. The van der Waals surface area contributed by atoms with Crippen LogP contribution in [0.25, 0.3) is 11.2 Å². The first-order chi connectivity index (χ1) is 12.4. The van der Waals surface area contributed by atoms with Gasteiger partial charge in [-0.05, 0) is 24.6 Å². The van der Waals surface area contributed by atoms with Crippen molar-refractivity contribution in [2.24, 2.45) is 12.1 Å². The number of imidazole rings is 1. The zero-order valence-electron chi connectivity index (χ0n) is 14.1. The molecule has 10 heteroatoms. The number of aromatic amines is 1. The molecule has 3 aromatic rings. The van der Waals surface area contributed by atoms with Crippen LogP contribution >= 0.6 is 11.6 Å². The van der Waals surface area contributed by atoms with Crippen LogP contribution in [0.2, 0.25) is 5.02 Å². The molecule has 0 aliphatic carbocycles. The molecule has 1 atom stereocenters. The van der Waals surface area contributed by atoms with E-state index in [0.717, 1.165) is 5.56 Å². The molecule has 0 aliphatic rings. The predicted octanol–water partition coefficient (Wildman–Crippen LogP) is 0.904. The average Bonchev–Trinajstić information content (AvgIpc) is 2.93. The average molecular weight is 377 g/mol. The van der Waals surface area contributed by atoms with Crippen molar-refractivity contribution in [2.45, 2.75) is 19.6 Å². The smallest absolute Gasteiger partial charge is 0.329 e. The van der Waals surface area contributed by atoms with Crippen molar-refractivity contribution < 1.29 is 5.11 Å². The molecule has 136 valence electrons. The zero-order chi connectivity index (χ0) is 18.8. The lowest BCUT2D eigenvalue weighted by atomic mass is 10.2. The molecule has 0 aliphatic heterocycles. The van der Waals surface area contributed by atoms with Gasteiger partial charge < -0.3 is 9.67 Å². The van der Waals surface area contributed by atoms with Crippen LogP contribution in [0.1, 0.15) is 12.5 Å². The minimum Gasteiger partial charge on any atom is -0.392 e. The summed E-state index contributed by atoms with van der Waals surface area (Å²) in [7, 11) is 1.50. The number of halogens is 1. The molecule has 1 unspecified atom stereocenters. The van der Waals surface area contributed by atoms with E-state index in [9.17, 15) is 14.7 Å². The molecule has 26 heavy (non-hydrogen) atoms. The van der Waals surface area contributed by atoms with Gasteiger partial charge in [0.2, 0.25) is 5.95 Å². The maximum Gasteiger partial charge on any atom is 0.329 e. The second-order valence-electron chi connectivity index (χ2n) is 5.81. The third-order valence-electron chi connectivity index (χ3n) is 3.70. The molecule has 2 heterocycles. The van der Waals surface area contributed by atoms with Crippen LogP contribution in [0, 0.1) is 0 Å². The Morgan fingerprint density at radius 3 is 2.73 bits per heavy atom. The monoisotopic (exact) mass is 376 g/mol. The van der Waals surface area contributed by atoms with E-state index in [-0.39, 0.29) is 23.7 Å². The number of H-pyrrole nitrogens is 1. The standard InChI is InChI=1S/C16H17ClN6O3/c1-9(24)8-23-12-13(22(2)16(26)20-14(12)25)19-15(23)21-18-7-10-3-5-11(17)6-4-10/h3-7,9,24H,8H2,1-2H3,(H,19,21)(H,20,25,26)/b18-7+. The van der Waals surface area contributed by atoms with Crippen LogP contribution in [0.15, 0.2) is 39.0 Å². The van der Waals surface area contributed by atoms with Gasteiger partial charge in [0.25, 0.3) is 5.56 Å². The summed E-state index contributed by atoms with van der Waals surface area (Å²) in [6.45, 7) is 1.69. The van der Waals surface area contributed by atoms with Crippen LogP contribution in [0.3, 0.4) is 0 Å². The van der Waals surface area contributed by atoms with Crippen molar-refractivity contribution in [1.29, 1.82) is 0 Å². The third kappa shape index (κ3) is 3.53. The number of hydrogen-bond donors (Lipinski definition) is 3. The van der Waals surface area contributed by atoms with Gasteiger partial charge in [-0.1, -0.05) is 23.7 Å². The summed E-state index contributed by atoms with van der Waals surface area (Å²) in [6.07, 6.45) is 0.830. The molecule has 2 aromatic heterocycles. The highest BCUT2D eigenvalue weighted by Crippen LogP contribution is 2.16. The summed E-state index contributed by atoms with van der Waals surface area (Å²) in [4.78, 5) is 30.5. The van der Waals surface area contributed by atoms with Crippen LogP contribution in [-0.2, 0) is 13.6 Å². The lowest BCUT2D eigenvalue weighted by Crippen LogP contribution is -2.29. The summed E-state index contributed by atoms with van der Waals surface area (Å²) in [5, 5.41) is 14.5. The van der Waals surface area contributed by atoms with E-state index in [1.807, 2.05) is 0 Å². The van der Waals surface area contributed by atoms with E-state index in [0.29, 0.717) is 5.02 Å². The van der Waals surface area contributed by atoms with Gasteiger partial charge >= 0.3 is 5.69 Å². The Hall–Kier alpha value is -2.91. The molecule has 0 bridgehead atoms. The van der Waals surface area contributed by atoms with Gasteiger partial charge in [0.15, 0.2) is 11.2 Å². The summed E-state index contributed by atoms with van der Waals surface area (Å²) in [5.41, 5.74) is 2.79. The molecule has 3 rings (SSSR count). The van der Waals surface area contributed by atoms with Crippen molar-refractivity contribution in [2.75, 3.05) is 5.43 Å². The number of fused-ring (bicyclic) bond motifs is 1. The number of nitrogens with zero attached hydrogens (tertiary/aromatic N) is 4. The molecular formula is C16H17ClN6O3. The second-order valence-corrected chi connectivity index (χ2v) is 6.24. The van der Waals surface area contributed by atoms with Crippen molar-refractivity contribution >= 4 is 34.9 Å². The van der Waals surface area contributed by atoms with Gasteiger partial charge in [0.1, 0.15) is 0 Å². The van der Waals surface area contributed by atoms with Crippen LogP contribution in [-0.4, -0.2) is 36.5 Å². The largest absolute Gasteiger partial charge is 0.392 e. The highest BCUT2D eigenvalue weighted by atomic mass is 35.5. The number of aliphatic hydroxyl groups is 1. The minimum atomic E-state index is -0.732. The first kappa shape index (κ1) is 17.9. The zero-order valence-corrected chi connectivity index (χ0v) is 14.9. The number of aromatic nitrogens is 4. The van der Waals surface area contributed by atoms with Crippen LogP contribution in [0.4, 0.5) is 5.95 Å². The molecule has 0 saturated heterocycles.